The Bertz CT molecular complexity index is 1010. The van der Waals surface area contributed by atoms with E-state index >= 15 is 0 Å². The summed E-state index contributed by atoms with van der Waals surface area (Å²) >= 11 is 5.33. The van der Waals surface area contributed by atoms with Gasteiger partial charge in [0.1, 0.15) is 5.75 Å². The lowest BCUT2D eigenvalue weighted by Gasteiger charge is -2.23. The van der Waals surface area contributed by atoms with Crippen LogP contribution in [-0.4, -0.2) is 32.4 Å². The average Bonchev–Trinajstić information content (AvgIpc) is 2.78. The van der Waals surface area contributed by atoms with E-state index in [0.29, 0.717) is 28.3 Å². The number of hydrazone groups is 1. The van der Waals surface area contributed by atoms with Crippen molar-refractivity contribution in [1.29, 1.82) is 0 Å². The molecule has 9 heteroatoms. The Labute approximate surface area is 189 Å². The second-order valence-corrected chi connectivity index (χ2v) is 9.57. The number of thiocarbonyl (C=S) groups is 1. The summed E-state index contributed by atoms with van der Waals surface area (Å²) in [6.45, 7) is 1.84. The molecule has 2 aromatic rings. The van der Waals surface area contributed by atoms with Crippen LogP contribution >= 0.6 is 12.2 Å². The van der Waals surface area contributed by atoms with Gasteiger partial charge in [-0.3, -0.25) is 10.1 Å². The van der Waals surface area contributed by atoms with E-state index in [4.69, 9.17) is 17.0 Å². The van der Waals surface area contributed by atoms with Crippen molar-refractivity contribution in [2.24, 2.45) is 5.10 Å². The van der Waals surface area contributed by atoms with Gasteiger partial charge in [-0.1, -0.05) is 31.4 Å². The van der Waals surface area contributed by atoms with Gasteiger partial charge in [0.25, 0.3) is 10.0 Å². The molecular formula is C22H28N4O3S2. The maximum atomic E-state index is 12.6. The van der Waals surface area contributed by atoms with Gasteiger partial charge in [0.05, 0.1) is 17.7 Å². The quantitative estimate of drug-likeness (QED) is 0.328. The number of anilines is 1. The van der Waals surface area contributed by atoms with Crippen LogP contribution in [0.5, 0.6) is 5.75 Å². The molecule has 0 heterocycles. The summed E-state index contributed by atoms with van der Waals surface area (Å²) in [4.78, 5) is 0.169. The van der Waals surface area contributed by atoms with E-state index in [-0.39, 0.29) is 4.90 Å². The summed E-state index contributed by atoms with van der Waals surface area (Å²) in [7, 11) is -2.14. The van der Waals surface area contributed by atoms with Gasteiger partial charge in [0.2, 0.25) is 0 Å². The predicted octanol–water partition coefficient (Wildman–Crippen LogP) is 4.02. The van der Waals surface area contributed by atoms with Crippen LogP contribution in [0.1, 0.15) is 44.6 Å². The highest BCUT2D eigenvalue weighted by Crippen LogP contribution is 2.20. The molecule has 1 fully saturated rings. The smallest absolute Gasteiger partial charge is 0.261 e. The molecule has 31 heavy (non-hydrogen) atoms. The number of sulfonamides is 1. The van der Waals surface area contributed by atoms with E-state index in [1.807, 2.05) is 6.92 Å². The van der Waals surface area contributed by atoms with Crippen molar-refractivity contribution < 1.29 is 13.2 Å². The molecule has 1 saturated carbocycles. The Kier molecular flexibility index (Phi) is 7.86. The second-order valence-electron chi connectivity index (χ2n) is 7.48. The van der Waals surface area contributed by atoms with Crippen molar-refractivity contribution in [3.63, 3.8) is 0 Å². The van der Waals surface area contributed by atoms with Crippen LogP contribution in [-0.2, 0) is 10.0 Å². The summed E-state index contributed by atoms with van der Waals surface area (Å²) < 4.78 is 32.9. The molecule has 3 rings (SSSR count). The lowest BCUT2D eigenvalue weighted by Crippen LogP contribution is -2.41. The summed E-state index contributed by atoms with van der Waals surface area (Å²) in [5.74, 6) is 0.657. The van der Waals surface area contributed by atoms with Crippen LogP contribution in [0.2, 0.25) is 0 Å². The van der Waals surface area contributed by atoms with Crippen LogP contribution < -0.4 is 20.2 Å². The molecule has 0 saturated heterocycles. The third-order valence-electron chi connectivity index (χ3n) is 5.19. The monoisotopic (exact) mass is 460 g/mol. The first-order valence-electron chi connectivity index (χ1n) is 10.3. The van der Waals surface area contributed by atoms with E-state index in [1.165, 1.54) is 19.3 Å². The SMILES string of the molecule is COc1ccc(NS(=O)(=O)c2ccc(/C(C)=N/NC(=S)NC3CCCCC3)cc2)cc1. The number of methoxy groups -OCH3 is 1. The van der Waals surface area contributed by atoms with Gasteiger partial charge in [0.15, 0.2) is 5.11 Å². The predicted molar refractivity (Wildman–Crippen MR) is 128 cm³/mol. The Hall–Kier alpha value is -2.65. The van der Waals surface area contributed by atoms with Gasteiger partial charge < -0.3 is 10.1 Å². The minimum atomic E-state index is -3.69. The Morgan fingerprint density at radius 3 is 2.29 bits per heavy atom. The number of rotatable bonds is 7. The van der Waals surface area contributed by atoms with Crippen molar-refractivity contribution in [3.8, 4) is 5.75 Å². The fraction of sp³-hybridized carbons (Fsp3) is 0.364. The van der Waals surface area contributed by atoms with Gasteiger partial charge >= 0.3 is 0 Å². The molecule has 0 spiro atoms. The summed E-state index contributed by atoms with van der Waals surface area (Å²) in [6.07, 6.45) is 6.00. The maximum absolute atomic E-state index is 12.6. The molecule has 2 aromatic carbocycles. The van der Waals surface area contributed by atoms with Crippen molar-refractivity contribution in [1.82, 2.24) is 10.7 Å². The molecule has 0 aromatic heterocycles. The van der Waals surface area contributed by atoms with E-state index in [9.17, 15) is 8.42 Å². The molecule has 166 valence electrons. The first-order valence-corrected chi connectivity index (χ1v) is 12.1. The molecule has 0 unspecified atom stereocenters. The van der Waals surface area contributed by atoms with E-state index in [0.717, 1.165) is 18.4 Å². The maximum Gasteiger partial charge on any atom is 0.261 e. The largest absolute Gasteiger partial charge is 0.497 e. The number of ether oxygens (including phenoxy) is 1. The highest BCUT2D eigenvalue weighted by molar-refractivity contribution is 7.92. The highest BCUT2D eigenvalue weighted by atomic mass is 32.2. The van der Waals surface area contributed by atoms with Crippen molar-refractivity contribution in [2.75, 3.05) is 11.8 Å². The Morgan fingerprint density at radius 2 is 1.68 bits per heavy atom. The third-order valence-corrected chi connectivity index (χ3v) is 6.80. The molecule has 0 radical (unpaired) electrons. The zero-order valence-electron chi connectivity index (χ0n) is 17.7. The van der Waals surface area contributed by atoms with Crippen molar-refractivity contribution >= 4 is 38.8 Å². The van der Waals surface area contributed by atoms with Crippen molar-refractivity contribution in [2.45, 2.75) is 50.0 Å². The van der Waals surface area contributed by atoms with Gasteiger partial charge in [-0.05, 0) is 73.9 Å². The molecule has 0 amide bonds. The lowest BCUT2D eigenvalue weighted by molar-refractivity contribution is 0.412. The van der Waals surface area contributed by atoms with Crippen LogP contribution in [0.4, 0.5) is 5.69 Å². The molecule has 0 aliphatic heterocycles. The minimum Gasteiger partial charge on any atom is -0.497 e. The zero-order chi connectivity index (χ0) is 22.3. The molecule has 7 nitrogen and oxygen atoms in total. The minimum absolute atomic E-state index is 0.169. The normalized spacial score (nSPS) is 15.2. The van der Waals surface area contributed by atoms with Gasteiger partial charge in [0, 0.05) is 11.7 Å². The Balaban J connectivity index is 1.59. The van der Waals surface area contributed by atoms with Gasteiger partial charge in [-0.2, -0.15) is 5.10 Å². The first kappa shape index (κ1) is 23.0. The van der Waals surface area contributed by atoms with E-state index in [1.54, 1.807) is 55.6 Å². The summed E-state index contributed by atoms with van der Waals surface area (Å²) in [6, 6.07) is 13.7. The van der Waals surface area contributed by atoms with Gasteiger partial charge in [-0.15, -0.1) is 0 Å². The number of hydrogen-bond acceptors (Lipinski definition) is 5. The topological polar surface area (TPSA) is 91.8 Å². The van der Waals surface area contributed by atoms with Crippen LogP contribution in [0.25, 0.3) is 0 Å². The van der Waals surface area contributed by atoms with Crippen LogP contribution in [0.15, 0.2) is 58.5 Å². The van der Waals surface area contributed by atoms with Crippen molar-refractivity contribution in [3.05, 3.63) is 54.1 Å². The average molecular weight is 461 g/mol. The number of nitrogens with one attached hydrogen (secondary N) is 3. The number of hydrogen-bond donors (Lipinski definition) is 3. The molecular weight excluding hydrogens is 432 g/mol. The highest BCUT2D eigenvalue weighted by Gasteiger charge is 2.15. The number of benzene rings is 2. The fourth-order valence-electron chi connectivity index (χ4n) is 3.41. The third kappa shape index (κ3) is 6.67. The van der Waals surface area contributed by atoms with Gasteiger partial charge in [-0.25, -0.2) is 8.42 Å². The standard InChI is InChI=1S/C22H28N4O3S2/c1-16(24-25-22(30)23-18-6-4-3-5-7-18)17-8-14-21(15-9-17)31(27,28)26-19-10-12-20(29-2)13-11-19/h8-15,18,26H,3-7H2,1-2H3,(H2,23,25,30)/b24-16+. The molecule has 1 aliphatic rings. The Morgan fingerprint density at radius 1 is 1.03 bits per heavy atom. The van der Waals surface area contributed by atoms with E-state index < -0.39 is 10.0 Å². The first-order chi connectivity index (χ1) is 14.9. The molecule has 0 atom stereocenters. The summed E-state index contributed by atoms with van der Waals surface area (Å²) in [5.41, 5.74) is 4.86. The molecule has 3 N–H and O–H groups in total. The second kappa shape index (κ2) is 10.6. The molecule has 0 bridgehead atoms. The zero-order valence-corrected chi connectivity index (χ0v) is 19.4. The number of nitrogens with zero attached hydrogens (tertiary/aromatic N) is 1. The summed E-state index contributed by atoms with van der Waals surface area (Å²) in [5, 5.41) is 8.13. The van der Waals surface area contributed by atoms with Crippen LogP contribution in [0, 0.1) is 0 Å². The lowest BCUT2D eigenvalue weighted by atomic mass is 9.96. The van der Waals surface area contributed by atoms with E-state index in [2.05, 4.69) is 20.6 Å². The van der Waals surface area contributed by atoms with Crippen LogP contribution in [0.3, 0.4) is 0 Å². The molecule has 1 aliphatic carbocycles. The fourth-order valence-corrected chi connectivity index (χ4v) is 4.68.